The zero-order valence-corrected chi connectivity index (χ0v) is 50.5. The molecule has 446 valence electrons. The minimum Gasteiger partial charge on any atom is -0.347 e. The van der Waals surface area contributed by atoms with Gasteiger partial charge in [-0.2, -0.15) is 0 Å². The summed E-state index contributed by atoms with van der Waals surface area (Å²) in [6, 6.07) is 32.8. The van der Waals surface area contributed by atoms with Gasteiger partial charge in [-0.3, -0.25) is 38.4 Å². The van der Waals surface area contributed by atoms with Crippen LogP contribution in [0.3, 0.4) is 0 Å². The van der Waals surface area contributed by atoms with Crippen LogP contribution >= 0.6 is 0 Å². The molecule has 2 aliphatic rings. The molecule has 2 aliphatic heterocycles. The summed E-state index contributed by atoms with van der Waals surface area (Å²) in [6.07, 6.45) is 0.126. The molecule has 2 saturated heterocycles. The van der Waals surface area contributed by atoms with Crippen LogP contribution in [0.15, 0.2) is 133 Å². The molecule has 0 spiro atoms. The van der Waals surface area contributed by atoms with E-state index in [-0.39, 0.29) is 48.9 Å². The monoisotopic (exact) mass is 1140 g/mol. The third kappa shape index (κ3) is 15.7. The maximum Gasteiger partial charge on any atom is 0.251 e. The van der Waals surface area contributed by atoms with E-state index in [4.69, 9.17) is 0 Å². The Morgan fingerprint density at radius 3 is 1.05 bits per heavy atom. The Labute approximate surface area is 494 Å². The van der Waals surface area contributed by atoms with Crippen LogP contribution in [0.25, 0.3) is 0 Å². The molecule has 18 heteroatoms. The lowest BCUT2D eigenvalue weighted by atomic mass is 9.85. The van der Waals surface area contributed by atoms with Gasteiger partial charge in [0.05, 0.1) is 24.2 Å². The van der Waals surface area contributed by atoms with E-state index in [0.29, 0.717) is 0 Å². The molecule has 5 aromatic rings. The molecule has 2 fully saturated rings. The van der Waals surface area contributed by atoms with Crippen molar-refractivity contribution < 1.29 is 38.4 Å². The highest BCUT2D eigenvalue weighted by atomic mass is 16.2. The van der Waals surface area contributed by atoms with E-state index < -0.39 is 107 Å². The molecule has 5 aromatic carbocycles. The highest BCUT2D eigenvalue weighted by Gasteiger charge is 2.48. The third-order valence-electron chi connectivity index (χ3n) is 16.0. The summed E-state index contributed by atoms with van der Waals surface area (Å²) in [7, 11) is 3.29. The van der Waals surface area contributed by atoms with Crippen molar-refractivity contribution in [2.24, 2.45) is 10.8 Å². The van der Waals surface area contributed by atoms with Crippen molar-refractivity contribution in [3.63, 3.8) is 0 Å². The van der Waals surface area contributed by atoms with E-state index in [2.05, 4.69) is 42.5 Å². The molecular weight excluding hydrogens is 1060 g/mol. The topological polar surface area (TPSA) is 239 Å². The minimum absolute atomic E-state index is 0.0373. The quantitative estimate of drug-likeness (QED) is 0.0467. The van der Waals surface area contributed by atoms with Gasteiger partial charge in [0.2, 0.25) is 35.4 Å². The summed E-state index contributed by atoms with van der Waals surface area (Å²) in [6.45, 7) is 18.3. The van der Waals surface area contributed by atoms with Crippen LogP contribution in [0.1, 0.15) is 134 Å². The summed E-state index contributed by atoms with van der Waals surface area (Å²) in [4.78, 5) is 117. The molecule has 0 bridgehead atoms. The van der Waals surface area contributed by atoms with E-state index in [0.717, 1.165) is 33.4 Å². The zero-order valence-electron chi connectivity index (χ0n) is 50.5. The van der Waals surface area contributed by atoms with Crippen LogP contribution in [0.4, 0.5) is 0 Å². The van der Waals surface area contributed by atoms with Gasteiger partial charge in [-0.05, 0) is 112 Å². The Bertz CT molecular complexity index is 2920. The average Bonchev–Trinajstić information content (AvgIpc) is 2.97. The maximum absolute atomic E-state index is 14.8. The number of aryl methyl sites for hydroxylation is 2. The number of hydrogen-bond acceptors (Lipinski definition) is 10. The first-order valence-electron chi connectivity index (χ1n) is 28.9. The fraction of sp³-hybridized carbons (Fsp3) is 0.424. The molecular formula is C66H84N10O8. The van der Waals surface area contributed by atoms with Gasteiger partial charge in [0.15, 0.2) is 0 Å². The summed E-state index contributed by atoms with van der Waals surface area (Å²) >= 11 is 0. The summed E-state index contributed by atoms with van der Waals surface area (Å²) < 4.78 is 0. The number of carbonyl (C=O) groups is 8. The Kier molecular flexibility index (Phi) is 20.7. The predicted molar refractivity (Wildman–Crippen MR) is 324 cm³/mol. The van der Waals surface area contributed by atoms with Crippen molar-refractivity contribution in [2.75, 3.05) is 27.2 Å². The van der Waals surface area contributed by atoms with Gasteiger partial charge >= 0.3 is 0 Å². The molecule has 8 amide bonds. The van der Waals surface area contributed by atoms with Gasteiger partial charge < -0.3 is 52.3 Å². The molecule has 18 nitrogen and oxygen atoms in total. The number of nitrogens with one attached hydrogen (secondary N) is 8. The smallest absolute Gasteiger partial charge is 0.251 e. The fourth-order valence-corrected chi connectivity index (χ4v) is 10.6. The lowest BCUT2D eigenvalue weighted by Gasteiger charge is -2.36. The second-order valence-corrected chi connectivity index (χ2v) is 24.6. The van der Waals surface area contributed by atoms with Crippen LogP contribution in [0, 0.1) is 24.7 Å². The Morgan fingerprint density at radius 1 is 0.440 bits per heavy atom. The number of nitrogens with zero attached hydrogens (tertiary/aromatic N) is 2. The van der Waals surface area contributed by atoms with E-state index >= 15 is 0 Å². The third-order valence-corrected chi connectivity index (χ3v) is 16.0. The van der Waals surface area contributed by atoms with Gasteiger partial charge in [-0.25, -0.2) is 0 Å². The first-order chi connectivity index (χ1) is 39.8. The molecule has 0 saturated carbocycles. The van der Waals surface area contributed by atoms with E-state index in [9.17, 15) is 38.4 Å². The van der Waals surface area contributed by atoms with E-state index in [1.807, 2.05) is 165 Å². The molecule has 0 aromatic heterocycles. The van der Waals surface area contributed by atoms with Crippen LogP contribution in [0.5, 0.6) is 0 Å². The summed E-state index contributed by atoms with van der Waals surface area (Å²) in [5.41, 5.74) is 4.30. The molecule has 84 heavy (non-hydrogen) atoms. The molecule has 0 aliphatic carbocycles. The number of carbonyl (C=O) groups excluding carboxylic acids is 8. The largest absolute Gasteiger partial charge is 0.347 e. The molecule has 8 N–H and O–H groups in total. The molecule has 2 unspecified atom stereocenters. The van der Waals surface area contributed by atoms with Gasteiger partial charge in [-0.15, -0.1) is 0 Å². The van der Waals surface area contributed by atoms with Crippen LogP contribution in [0.2, 0.25) is 0 Å². The fourth-order valence-electron chi connectivity index (χ4n) is 10.6. The highest BCUT2D eigenvalue weighted by molar-refractivity contribution is 5.99. The second kappa shape index (κ2) is 27.4. The summed E-state index contributed by atoms with van der Waals surface area (Å²) in [5.74, 6) is -3.61. The van der Waals surface area contributed by atoms with Gasteiger partial charge in [0.25, 0.3) is 11.8 Å². The van der Waals surface area contributed by atoms with Crippen molar-refractivity contribution in [1.29, 1.82) is 0 Å². The number of likely N-dealkylation sites (tertiary alicyclic amines) is 2. The second-order valence-electron chi connectivity index (χ2n) is 24.6. The normalized spacial score (nSPS) is 19.1. The lowest BCUT2D eigenvalue weighted by molar-refractivity contribution is -0.144. The first-order valence-corrected chi connectivity index (χ1v) is 28.9. The van der Waals surface area contributed by atoms with E-state index in [1.165, 1.54) is 34.1 Å². The van der Waals surface area contributed by atoms with Crippen molar-refractivity contribution in [2.45, 2.75) is 142 Å². The standard InChI is InChI=1S/C66H84N10O8/c1-39-23-27-45(28-24-39)53(43-19-15-13-16-20-43)71-61(81)51-35-49(37-75(51)63(83)55(65(5,6)7)73-57(77)41(3)67-11)69-59(79)47-31-33-48(34-32-47)60(80)70-50-36-52(76(38-50)64(84)56(66(8,9)10)74-58(78)42(4)68-12)62(82)72-54(44-21-17-14-18-22-44)46-29-25-40(2)26-30-46/h13-34,41-42,49-56,67-68H,35-38H2,1-12H3,(H,69,79)(H,70,80)(H,71,81)(H,72,82)(H,73,77)(H,74,78)/t41-,42-,49-,50-,51-,52-,53?,54?,55+,56+/m0/s1. The number of likely N-dealkylation sites (N-methyl/N-ethyl adjacent to an activating group) is 2. The van der Waals surface area contributed by atoms with Crippen LogP contribution < -0.4 is 42.5 Å². The van der Waals surface area contributed by atoms with Crippen molar-refractivity contribution in [3.8, 4) is 0 Å². The Hall–Kier alpha value is -8.22. The SMILES string of the molecule is CN[C@@H](C)C(=O)N[C@H](C(=O)N1C[C@@H](NC(=O)c2ccc(C(=O)N[C@H]3C[C@@H](C(=O)NC(c4ccccc4)c4ccc(C)cc4)N(C(=O)[C@@H](NC(=O)[C@H](C)NC)C(C)(C)C)C3)cc2)C[C@H]1C(=O)NC(c1ccccc1)c1ccc(C)cc1)C(C)(C)C. The van der Waals surface area contributed by atoms with Crippen LogP contribution in [-0.2, 0) is 28.8 Å². The van der Waals surface area contributed by atoms with Crippen LogP contribution in [-0.4, -0.2) is 133 Å². The van der Waals surface area contributed by atoms with Gasteiger partial charge in [-0.1, -0.05) is 162 Å². The molecule has 0 radical (unpaired) electrons. The number of rotatable bonds is 20. The highest BCUT2D eigenvalue weighted by Crippen LogP contribution is 2.31. The number of hydrogen-bond donors (Lipinski definition) is 8. The predicted octanol–water partition coefficient (Wildman–Crippen LogP) is 5.79. The van der Waals surface area contributed by atoms with E-state index in [1.54, 1.807) is 27.9 Å². The number of benzene rings is 5. The van der Waals surface area contributed by atoms with Crippen molar-refractivity contribution >= 4 is 47.3 Å². The summed E-state index contributed by atoms with van der Waals surface area (Å²) in [5, 5.41) is 24.2. The first kappa shape index (κ1) is 63.4. The zero-order chi connectivity index (χ0) is 61.2. The van der Waals surface area contributed by atoms with Crippen molar-refractivity contribution in [3.05, 3.63) is 178 Å². The average molecular weight is 1150 g/mol. The molecule has 10 atom stereocenters. The van der Waals surface area contributed by atoms with Gasteiger partial charge in [0.1, 0.15) is 24.2 Å². The van der Waals surface area contributed by atoms with Gasteiger partial charge in [0, 0.05) is 36.3 Å². The minimum atomic E-state index is -1.04. The lowest BCUT2D eigenvalue weighted by Crippen LogP contribution is -2.59. The maximum atomic E-state index is 14.8. The Balaban J connectivity index is 1.10. The molecule has 7 rings (SSSR count). The number of amides is 8. The van der Waals surface area contributed by atoms with Crippen molar-refractivity contribution in [1.82, 2.24) is 52.3 Å². The molecule has 2 heterocycles. The Morgan fingerprint density at radius 2 is 0.750 bits per heavy atom.